The summed E-state index contributed by atoms with van der Waals surface area (Å²) in [7, 11) is 2.18. The number of nitrogens with one attached hydrogen (secondary N) is 1. The largest absolute Gasteiger partial charge is 0.355 e. The Morgan fingerprint density at radius 2 is 1.95 bits per heavy atom. The molecule has 110 valence electrons. The van der Waals surface area contributed by atoms with E-state index in [1.54, 1.807) is 0 Å². The highest BCUT2D eigenvalue weighted by molar-refractivity contribution is 5.58. The molecule has 0 atom stereocenters. The Bertz CT molecular complexity index is 485. The lowest BCUT2D eigenvalue weighted by Gasteiger charge is -2.24. The maximum atomic E-state index is 5.62. The number of hydrazine groups is 1. The van der Waals surface area contributed by atoms with E-state index < -0.39 is 0 Å². The van der Waals surface area contributed by atoms with Gasteiger partial charge in [0.2, 0.25) is 0 Å². The van der Waals surface area contributed by atoms with Crippen LogP contribution < -0.4 is 16.2 Å². The Balaban J connectivity index is 1.92. The summed E-state index contributed by atoms with van der Waals surface area (Å²) in [5, 5.41) is 0. The van der Waals surface area contributed by atoms with Gasteiger partial charge in [-0.05, 0) is 39.8 Å². The van der Waals surface area contributed by atoms with Crippen molar-refractivity contribution in [3.8, 4) is 0 Å². The van der Waals surface area contributed by atoms with E-state index in [1.807, 2.05) is 0 Å². The summed E-state index contributed by atoms with van der Waals surface area (Å²) >= 11 is 0. The average Bonchev–Trinajstić information content (AvgIpc) is 3.27. The molecule has 1 aromatic rings. The summed E-state index contributed by atoms with van der Waals surface area (Å²) in [6, 6.07) is 0. The van der Waals surface area contributed by atoms with Gasteiger partial charge in [-0.3, -0.25) is 0 Å². The van der Waals surface area contributed by atoms with Crippen molar-refractivity contribution in [2.24, 2.45) is 5.84 Å². The molecule has 2 aliphatic rings. The van der Waals surface area contributed by atoms with Gasteiger partial charge in [-0.15, -0.1) is 0 Å². The first kappa shape index (κ1) is 13.6. The molecule has 0 unspecified atom stereocenters. The normalized spacial score (nSPS) is 20.9. The maximum Gasteiger partial charge on any atom is 0.148 e. The van der Waals surface area contributed by atoms with Crippen LogP contribution in [-0.2, 0) is 0 Å². The first-order chi connectivity index (χ1) is 9.69. The van der Waals surface area contributed by atoms with E-state index in [4.69, 9.17) is 10.8 Å². The number of aromatic nitrogens is 2. The van der Waals surface area contributed by atoms with Gasteiger partial charge in [-0.2, -0.15) is 0 Å². The molecule has 0 radical (unpaired) electrons. The van der Waals surface area contributed by atoms with Gasteiger partial charge in [0.25, 0.3) is 0 Å². The first-order valence-electron chi connectivity index (χ1n) is 7.47. The zero-order chi connectivity index (χ0) is 14.1. The van der Waals surface area contributed by atoms with E-state index in [2.05, 4.69) is 34.2 Å². The minimum absolute atomic E-state index is 0.538. The van der Waals surface area contributed by atoms with Crippen molar-refractivity contribution >= 4 is 11.6 Å². The number of rotatable bonds is 3. The fourth-order valence-corrected chi connectivity index (χ4v) is 2.75. The number of likely N-dealkylation sites (N-methyl/N-ethyl adjacent to an activating group) is 1. The molecule has 3 N–H and O–H groups in total. The van der Waals surface area contributed by atoms with Crippen LogP contribution in [0.25, 0.3) is 0 Å². The molecule has 6 heteroatoms. The lowest BCUT2D eigenvalue weighted by molar-refractivity contribution is 0.360. The summed E-state index contributed by atoms with van der Waals surface area (Å²) in [6.45, 7) is 6.35. The number of nitrogen functional groups attached to an aromatic ring is 1. The molecule has 2 heterocycles. The number of nitrogens with zero attached hydrogens (tertiary/aromatic N) is 4. The topological polar surface area (TPSA) is 70.3 Å². The zero-order valence-electron chi connectivity index (χ0n) is 12.4. The maximum absolute atomic E-state index is 5.62. The summed E-state index contributed by atoms with van der Waals surface area (Å²) in [5.41, 5.74) is 3.79. The molecule has 1 saturated heterocycles. The standard InChI is InChI=1S/C14H24N6/c1-10-12(18-15)16-13(11-4-5-11)17-14(10)20-7-3-6-19(2)8-9-20/h11H,3-9,15H2,1-2H3,(H,16,17,18). The lowest BCUT2D eigenvalue weighted by atomic mass is 10.2. The van der Waals surface area contributed by atoms with Crippen LogP contribution in [0.1, 0.15) is 36.6 Å². The van der Waals surface area contributed by atoms with Crippen LogP contribution >= 0.6 is 0 Å². The van der Waals surface area contributed by atoms with Gasteiger partial charge in [0, 0.05) is 31.1 Å². The number of hydrogen-bond acceptors (Lipinski definition) is 6. The van der Waals surface area contributed by atoms with Crippen molar-refractivity contribution in [3.05, 3.63) is 11.4 Å². The van der Waals surface area contributed by atoms with Crippen molar-refractivity contribution in [1.82, 2.24) is 14.9 Å². The summed E-state index contributed by atoms with van der Waals surface area (Å²) in [6.07, 6.45) is 3.58. The molecule has 0 bridgehead atoms. The highest BCUT2D eigenvalue weighted by atomic mass is 15.3. The number of hydrogen-bond donors (Lipinski definition) is 2. The van der Waals surface area contributed by atoms with E-state index in [9.17, 15) is 0 Å². The SMILES string of the molecule is Cc1c(NN)nc(C2CC2)nc1N1CCCN(C)CC1. The molecule has 20 heavy (non-hydrogen) atoms. The second-order valence-corrected chi connectivity index (χ2v) is 5.94. The molecule has 3 rings (SSSR count). The monoisotopic (exact) mass is 276 g/mol. The van der Waals surface area contributed by atoms with Gasteiger partial charge in [0.15, 0.2) is 0 Å². The van der Waals surface area contributed by atoms with Crippen molar-refractivity contribution < 1.29 is 0 Å². The molecule has 6 nitrogen and oxygen atoms in total. The Hall–Kier alpha value is -1.40. The van der Waals surface area contributed by atoms with E-state index in [-0.39, 0.29) is 0 Å². The highest BCUT2D eigenvalue weighted by Gasteiger charge is 2.29. The molecular formula is C14H24N6. The molecule has 0 aromatic carbocycles. The van der Waals surface area contributed by atoms with Gasteiger partial charge in [0.05, 0.1) is 0 Å². The summed E-state index contributed by atoms with van der Waals surface area (Å²) < 4.78 is 0. The molecule has 2 fully saturated rings. The smallest absolute Gasteiger partial charge is 0.148 e. The van der Waals surface area contributed by atoms with Gasteiger partial charge in [-0.1, -0.05) is 0 Å². The predicted octanol–water partition coefficient (Wildman–Crippen LogP) is 1.09. The first-order valence-corrected chi connectivity index (χ1v) is 7.47. The van der Waals surface area contributed by atoms with Crippen molar-refractivity contribution in [2.75, 3.05) is 43.6 Å². The molecule has 1 aliphatic heterocycles. The van der Waals surface area contributed by atoms with Crippen molar-refractivity contribution in [1.29, 1.82) is 0 Å². The zero-order valence-corrected chi connectivity index (χ0v) is 12.4. The third kappa shape index (κ3) is 2.71. The molecular weight excluding hydrogens is 252 g/mol. The number of anilines is 2. The van der Waals surface area contributed by atoms with Crippen LogP contribution in [0.15, 0.2) is 0 Å². The van der Waals surface area contributed by atoms with E-state index >= 15 is 0 Å². The number of nitrogens with two attached hydrogens (primary N) is 1. The second-order valence-electron chi connectivity index (χ2n) is 5.94. The Morgan fingerprint density at radius 3 is 2.65 bits per heavy atom. The van der Waals surface area contributed by atoms with Crippen molar-refractivity contribution in [2.45, 2.75) is 32.1 Å². The molecule has 1 saturated carbocycles. The molecule has 0 spiro atoms. The summed E-state index contributed by atoms with van der Waals surface area (Å²) in [4.78, 5) is 14.2. The van der Waals surface area contributed by atoms with Crippen LogP contribution in [0.5, 0.6) is 0 Å². The Labute approximate surface area is 120 Å². The minimum atomic E-state index is 0.538. The van der Waals surface area contributed by atoms with Gasteiger partial charge >= 0.3 is 0 Å². The third-order valence-electron chi connectivity index (χ3n) is 4.24. The molecule has 1 aliphatic carbocycles. The van der Waals surface area contributed by atoms with Crippen LogP contribution in [0.3, 0.4) is 0 Å². The fourth-order valence-electron chi connectivity index (χ4n) is 2.75. The van der Waals surface area contributed by atoms with E-state index in [1.165, 1.54) is 19.3 Å². The van der Waals surface area contributed by atoms with Crippen LogP contribution in [0.2, 0.25) is 0 Å². The van der Waals surface area contributed by atoms with Gasteiger partial charge in [0.1, 0.15) is 17.5 Å². The Morgan fingerprint density at radius 1 is 1.15 bits per heavy atom. The third-order valence-corrected chi connectivity index (χ3v) is 4.24. The van der Waals surface area contributed by atoms with Gasteiger partial charge < -0.3 is 15.2 Å². The highest BCUT2D eigenvalue weighted by Crippen LogP contribution is 2.40. The molecule has 1 aromatic heterocycles. The van der Waals surface area contributed by atoms with E-state index in [0.717, 1.165) is 49.2 Å². The lowest BCUT2D eigenvalue weighted by Crippen LogP contribution is -2.30. The average molecular weight is 276 g/mol. The minimum Gasteiger partial charge on any atom is -0.355 e. The van der Waals surface area contributed by atoms with Crippen LogP contribution in [0, 0.1) is 6.92 Å². The van der Waals surface area contributed by atoms with Crippen LogP contribution in [0.4, 0.5) is 11.6 Å². The summed E-state index contributed by atoms with van der Waals surface area (Å²) in [5.74, 6) is 8.95. The van der Waals surface area contributed by atoms with Crippen molar-refractivity contribution in [3.63, 3.8) is 0 Å². The predicted molar refractivity (Wildman–Crippen MR) is 80.9 cm³/mol. The molecule has 0 amide bonds. The quantitative estimate of drug-likeness (QED) is 0.636. The van der Waals surface area contributed by atoms with Gasteiger partial charge in [-0.25, -0.2) is 15.8 Å². The second kappa shape index (κ2) is 5.54. The Kier molecular flexibility index (Phi) is 3.76. The fraction of sp³-hybridized carbons (Fsp3) is 0.714. The van der Waals surface area contributed by atoms with Crippen LogP contribution in [-0.4, -0.2) is 48.1 Å². The van der Waals surface area contributed by atoms with E-state index in [0.29, 0.717) is 5.92 Å².